The summed E-state index contributed by atoms with van der Waals surface area (Å²) in [6.45, 7) is 4.82. The van der Waals surface area contributed by atoms with Crippen molar-refractivity contribution in [2.75, 3.05) is 32.1 Å². The van der Waals surface area contributed by atoms with Crippen molar-refractivity contribution in [1.29, 1.82) is 0 Å². The molecule has 1 amide bonds. The van der Waals surface area contributed by atoms with E-state index in [1.807, 2.05) is 16.2 Å². The highest BCUT2D eigenvalue weighted by Gasteiger charge is 2.27. The second-order valence-electron chi connectivity index (χ2n) is 7.93. The zero-order chi connectivity index (χ0) is 20.2. The van der Waals surface area contributed by atoms with Crippen LogP contribution in [0.2, 0.25) is 0 Å². The lowest BCUT2D eigenvalue weighted by Crippen LogP contribution is -2.41. The third kappa shape index (κ3) is 2.83. The average Bonchev–Trinajstić information content (AvgIpc) is 3.48. The van der Waals surface area contributed by atoms with Gasteiger partial charge in [-0.3, -0.25) is 4.79 Å². The molecule has 0 spiro atoms. The number of carbonyl (C=O) groups excluding carboxylic acids is 1. The van der Waals surface area contributed by atoms with Gasteiger partial charge in [0.25, 0.3) is 5.78 Å². The summed E-state index contributed by atoms with van der Waals surface area (Å²) in [4.78, 5) is 21.6. The van der Waals surface area contributed by atoms with Gasteiger partial charge in [-0.05, 0) is 30.7 Å². The van der Waals surface area contributed by atoms with Crippen LogP contribution in [-0.4, -0.2) is 72.1 Å². The van der Waals surface area contributed by atoms with E-state index in [9.17, 15) is 4.79 Å². The molecule has 0 radical (unpaired) electrons. The summed E-state index contributed by atoms with van der Waals surface area (Å²) in [6.07, 6.45) is 4.94. The number of thiophene rings is 1. The fourth-order valence-corrected chi connectivity index (χ4v) is 6.62. The topological polar surface area (TPSA) is 89.9 Å². The number of amides is 1. The molecule has 1 unspecified atom stereocenters. The number of morpholine rings is 1. The van der Waals surface area contributed by atoms with E-state index >= 15 is 0 Å². The first-order valence-corrected chi connectivity index (χ1v) is 12.0. The summed E-state index contributed by atoms with van der Waals surface area (Å²) < 4.78 is 9.18. The highest BCUT2D eigenvalue weighted by Crippen LogP contribution is 2.40. The van der Waals surface area contributed by atoms with Crippen LogP contribution in [0.15, 0.2) is 11.5 Å². The molecule has 1 aliphatic heterocycles. The van der Waals surface area contributed by atoms with E-state index in [0.717, 1.165) is 33.9 Å². The quantitative estimate of drug-likeness (QED) is 0.448. The third-order valence-electron chi connectivity index (χ3n) is 5.96. The zero-order valence-electron chi connectivity index (χ0n) is 16.6. The normalized spacial score (nSPS) is 19.8. The SMILES string of the molecule is CC1CCc2sc3c(c2C1)c1ncnn1c1nnc(SCC(=O)N2CCOCC2)n31. The van der Waals surface area contributed by atoms with Crippen LogP contribution in [0.1, 0.15) is 23.8 Å². The van der Waals surface area contributed by atoms with E-state index in [0.29, 0.717) is 43.8 Å². The van der Waals surface area contributed by atoms with Crippen LogP contribution in [0.3, 0.4) is 0 Å². The van der Waals surface area contributed by atoms with Crippen LogP contribution in [0, 0.1) is 5.92 Å². The summed E-state index contributed by atoms with van der Waals surface area (Å²) >= 11 is 3.24. The van der Waals surface area contributed by atoms with Gasteiger partial charge in [-0.25, -0.2) is 9.38 Å². The molecule has 9 nitrogen and oxygen atoms in total. The van der Waals surface area contributed by atoms with Crippen LogP contribution in [0.4, 0.5) is 0 Å². The first kappa shape index (κ1) is 18.5. The Morgan fingerprint density at radius 1 is 1.33 bits per heavy atom. The number of thioether (sulfide) groups is 1. The standard InChI is InChI=1S/C19H21N7O2S2/c1-11-2-3-13-12(8-11)15-16-20-10-21-26(16)18-22-23-19(25(18)17(15)30-13)29-9-14(27)24-4-6-28-7-5-24/h10-11H,2-9H2,1H3. The molecular weight excluding hydrogens is 422 g/mol. The number of ether oxygens (including phenoxy) is 1. The van der Waals surface area contributed by atoms with Crippen LogP contribution in [0.25, 0.3) is 21.6 Å². The Morgan fingerprint density at radius 3 is 3.07 bits per heavy atom. The van der Waals surface area contributed by atoms with E-state index in [2.05, 4.69) is 31.6 Å². The lowest BCUT2D eigenvalue weighted by atomic mass is 9.89. The second-order valence-corrected chi connectivity index (χ2v) is 9.95. The molecule has 1 atom stereocenters. The van der Waals surface area contributed by atoms with E-state index < -0.39 is 0 Å². The summed E-state index contributed by atoms with van der Waals surface area (Å²) in [6, 6.07) is 0. The summed E-state index contributed by atoms with van der Waals surface area (Å²) in [5.74, 6) is 1.75. The number of aryl methyl sites for hydroxylation is 1. The monoisotopic (exact) mass is 443 g/mol. The van der Waals surface area contributed by atoms with Crippen LogP contribution in [-0.2, 0) is 22.4 Å². The predicted octanol–water partition coefficient (Wildman–Crippen LogP) is 2.06. The minimum atomic E-state index is 0.109. The summed E-state index contributed by atoms with van der Waals surface area (Å²) in [5, 5.41) is 15.1. The molecule has 6 rings (SSSR count). The number of hydrogen-bond donors (Lipinski definition) is 0. The highest BCUT2D eigenvalue weighted by atomic mass is 32.2. The second kappa shape index (κ2) is 7.17. The van der Waals surface area contributed by atoms with Crippen molar-refractivity contribution < 1.29 is 9.53 Å². The van der Waals surface area contributed by atoms with Crippen LogP contribution in [0.5, 0.6) is 0 Å². The Bertz CT molecular complexity index is 1270. The summed E-state index contributed by atoms with van der Waals surface area (Å²) in [5.41, 5.74) is 2.24. The predicted molar refractivity (Wildman–Crippen MR) is 114 cm³/mol. The molecule has 0 saturated carbocycles. The van der Waals surface area contributed by atoms with Gasteiger partial charge in [0.15, 0.2) is 10.8 Å². The van der Waals surface area contributed by atoms with E-state index in [1.165, 1.54) is 28.6 Å². The zero-order valence-corrected chi connectivity index (χ0v) is 18.2. The Kier molecular flexibility index (Phi) is 4.43. The van der Waals surface area contributed by atoms with Gasteiger partial charge in [0, 0.05) is 18.0 Å². The molecule has 4 aromatic rings. The molecule has 0 bridgehead atoms. The molecule has 1 saturated heterocycles. The Labute approximate surface area is 180 Å². The lowest BCUT2D eigenvalue weighted by Gasteiger charge is -2.26. The Morgan fingerprint density at radius 2 is 2.20 bits per heavy atom. The molecule has 0 aromatic carbocycles. The van der Waals surface area contributed by atoms with Gasteiger partial charge in [-0.15, -0.1) is 21.5 Å². The van der Waals surface area contributed by atoms with Crippen molar-refractivity contribution >= 4 is 50.6 Å². The van der Waals surface area contributed by atoms with Crippen molar-refractivity contribution in [2.24, 2.45) is 5.92 Å². The minimum Gasteiger partial charge on any atom is -0.378 e. The van der Waals surface area contributed by atoms with Crippen LogP contribution < -0.4 is 0 Å². The molecule has 5 heterocycles. The van der Waals surface area contributed by atoms with E-state index in [1.54, 1.807) is 10.8 Å². The number of fused-ring (bicyclic) bond motifs is 8. The van der Waals surface area contributed by atoms with Gasteiger partial charge >= 0.3 is 0 Å². The van der Waals surface area contributed by atoms with Crippen molar-refractivity contribution in [2.45, 2.75) is 31.3 Å². The van der Waals surface area contributed by atoms with Crippen LogP contribution >= 0.6 is 23.1 Å². The van der Waals surface area contributed by atoms with Gasteiger partial charge in [-0.1, -0.05) is 18.7 Å². The maximum absolute atomic E-state index is 12.6. The van der Waals surface area contributed by atoms with E-state index in [-0.39, 0.29) is 5.91 Å². The summed E-state index contributed by atoms with van der Waals surface area (Å²) in [7, 11) is 0. The first-order valence-electron chi connectivity index (χ1n) is 10.2. The molecule has 1 aliphatic carbocycles. The van der Waals surface area contributed by atoms with Gasteiger partial charge < -0.3 is 9.64 Å². The highest BCUT2D eigenvalue weighted by molar-refractivity contribution is 7.99. The fraction of sp³-hybridized carbons (Fsp3) is 0.526. The van der Waals surface area contributed by atoms with E-state index in [4.69, 9.17) is 4.74 Å². The van der Waals surface area contributed by atoms with Crippen molar-refractivity contribution in [3.63, 3.8) is 0 Å². The van der Waals surface area contributed by atoms with Gasteiger partial charge in [0.2, 0.25) is 5.91 Å². The number of nitrogens with zero attached hydrogens (tertiary/aromatic N) is 7. The first-order chi connectivity index (χ1) is 14.7. The van der Waals surface area contributed by atoms with Gasteiger partial charge in [0.1, 0.15) is 11.2 Å². The lowest BCUT2D eigenvalue weighted by molar-refractivity contribution is -0.132. The maximum atomic E-state index is 12.6. The Balaban J connectivity index is 1.45. The van der Waals surface area contributed by atoms with Gasteiger partial charge in [-0.2, -0.15) is 9.61 Å². The Hall–Kier alpha value is -2.24. The maximum Gasteiger partial charge on any atom is 0.260 e. The largest absolute Gasteiger partial charge is 0.378 e. The number of carbonyl (C=O) groups is 1. The molecule has 11 heteroatoms. The molecule has 4 aromatic heterocycles. The molecule has 1 fully saturated rings. The van der Waals surface area contributed by atoms with Gasteiger partial charge in [0.05, 0.1) is 24.4 Å². The number of hydrogen-bond acceptors (Lipinski definition) is 8. The van der Waals surface area contributed by atoms with Crippen molar-refractivity contribution in [3.05, 3.63) is 16.8 Å². The smallest absolute Gasteiger partial charge is 0.260 e. The fourth-order valence-electron chi connectivity index (χ4n) is 4.39. The van der Waals surface area contributed by atoms with Crippen molar-refractivity contribution in [1.82, 2.24) is 34.1 Å². The number of aromatic nitrogens is 6. The molecule has 30 heavy (non-hydrogen) atoms. The average molecular weight is 444 g/mol. The molecule has 0 N–H and O–H groups in total. The number of rotatable bonds is 3. The van der Waals surface area contributed by atoms with Crippen molar-refractivity contribution in [3.8, 4) is 0 Å². The molecule has 2 aliphatic rings. The minimum absolute atomic E-state index is 0.109. The molecule has 156 valence electrons. The third-order valence-corrected chi connectivity index (χ3v) is 8.15. The molecular formula is C19H21N7O2S2.